The van der Waals surface area contributed by atoms with Gasteiger partial charge in [0.2, 0.25) is 5.91 Å². The summed E-state index contributed by atoms with van der Waals surface area (Å²) in [5, 5.41) is 3.08. The quantitative estimate of drug-likeness (QED) is 0.909. The van der Waals surface area contributed by atoms with E-state index < -0.39 is 0 Å². The molecule has 0 spiro atoms. The van der Waals surface area contributed by atoms with Gasteiger partial charge in [0.1, 0.15) is 0 Å². The number of rotatable bonds is 5. The van der Waals surface area contributed by atoms with Gasteiger partial charge in [0.05, 0.1) is 0 Å². The maximum Gasteiger partial charge on any atom is 0.253 e. The Morgan fingerprint density at radius 2 is 1.86 bits per heavy atom. The molecule has 1 aliphatic rings. The van der Waals surface area contributed by atoms with E-state index in [1.807, 2.05) is 35.2 Å². The Hall–Kier alpha value is -1.84. The second kappa shape index (κ2) is 7.97. The number of nitrogens with zero attached hydrogens (tertiary/aromatic N) is 1. The summed E-state index contributed by atoms with van der Waals surface area (Å²) in [7, 11) is 0. The van der Waals surface area contributed by atoms with E-state index in [1.165, 1.54) is 0 Å². The van der Waals surface area contributed by atoms with Crippen LogP contribution in [0.25, 0.3) is 0 Å². The fourth-order valence-corrected chi connectivity index (χ4v) is 2.97. The predicted octanol–water partition coefficient (Wildman–Crippen LogP) is 2.84. The molecular weight excluding hydrogens is 276 g/mol. The number of benzene rings is 1. The summed E-state index contributed by atoms with van der Waals surface area (Å²) >= 11 is 0. The average molecular weight is 302 g/mol. The zero-order valence-corrected chi connectivity index (χ0v) is 13.5. The molecular formula is C18H26N2O2. The van der Waals surface area contributed by atoms with Gasteiger partial charge < -0.3 is 10.2 Å². The van der Waals surface area contributed by atoms with Gasteiger partial charge in [0.15, 0.2) is 0 Å². The Morgan fingerprint density at radius 3 is 2.45 bits per heavy atom. The van der Waals surface area contributed by atoms with Crippen LogP contribution in [0.1, 0.15) is 49.9 Å². The molecule has 1 aromatic rings. The van der Waals surface area contributed by atoms with Crippen LogP contribution >= 0.6 is 0 Å². The first kappa shape index (κ1) is 16.5. The van der Waals surface area contributed by atoms with E-state index in [2.05, 4.69) is 19.2 Å². The fourth-order valence-electron chi connectivity index (χ4n) is 2.97. The molecule has 1 aliphatic heterocycles. The van der Waals surface area contributed by atoms with Crippen LogP contribution in [-0.2, 0) is 4.79 Å². The molecule has 1 heterocycles. The highest BCUT2D eigenvalue weighted by Gasteiger charge is 2.28. The van der Waals surface area contributed by atoms with Crippen molar-refractivity contribution in [3.63, 3.8) is 0 Å². The Bertz CT molecular complexity index is 493. The lowest BCUT2D eigenvalue weighted by molar-refractivity contribution is -0.126. The number of carbonyl (C=O) groups excluding carboxylic acids is 2. The van der Waals surface area contributed by atoms with Crippen LogP contribution in [0, 0.1) is 5.92 Å². The van der Waals surface area contributed by atoms with E-state index in [-0.39, 0.29) is 23.8 Å². The molecule has 1 N–H and O–H groups in total. The first-order valence-corrected chi connectivity index (χ1v) is 8.26. The molecule has 2 rings (SSSR count). The molecule has 0 saturated carbocycles. The maximum atomic E-state index is 12.4. The number of piperidine rings is 1. The molecule has 0 radical (unpaired) electrons. The third-order valence-electron chi connectivity index (χ3n) is 4.28. The average Bonchev–Trinajstić information content (AvgIpc) is 2.55. The molecule has 1 fully saturated rings. The van der Waals surface area contributed by atoms with Gasteiger partial charge in [0.25, 0.3) is 5.91 Å². The smallest absolute Gasteiger partial charge is 0.253 e. The molecule has 22 heavy (non-hydrogen) atoms. The van der Waals surface area contributed by atoms with Crippen molar-refractivity contribution < 1.29 is 9.59 Å². The molecule has 2 amide bonds. The molecule has 1 aromatic carbocycles. The summed E-state index contributed by atoms with van der Waals surface area (Å²) in [6.07, 6.45) is 3.59. The van der Waals surface area contributed by atoms with Crippen LogP contribution in [-0.4, -0.2) is 35.8 Å². The van der Waals surface area contributed by atoms with Crippen molar-refractivity contribution in [2.75, 3.05) is 13.1 Å². The first-order valence-electron chi connectivity index (χ1n) is 8.26. The molecule has 1 atom stereocenters. The summed E-state index contributed by atoms with van der Waals surface area (Å²) < 4.78 is 0. The van der Waals surface area contributed by atoms with Crippen molar-refractivity contribution >= 4 is 11.8 Å². The zero-order chi connectivity index (χ0) is 15.9. The molecule has 0 bridgehead atoms. The third-order valence-corrected chi connectivity index (χ3v) is 4.28. The number of carbonyl (C=O) groups is 2. The van der Waals surface area contributed by atoms with Gasteiger partial charge in [-0.15, -0.1) is 0 Å². The molecule has 0 aromatic heterocycles. The van der Waals surface area contributed by atoms with Crippen molar-refractivity contribution in [3.05, 3.63) is 35.9 Å². The van der Waals surface area contributed by atoms with Gasteiger partial charge >= 0.3 is 0 Å². The highest BCUT2D eigenvalue weighted by Crippen LogP contribution is 2.19. The molecule has 0 aliphatic carbocycles. The number of amides is 2. The molecule has 0 unspecified atom stereocenters. The molecule has 1 saturated heterocycles. The van der Waals surface area contributed by atoms with Gasteiger partial charge in [-0.25, -0.2) is 0 Å². The van der Waals surface area contributed by atoms with Crippen LogP contribution in [0.5, 0.6) is 0 Å². The second-order valence-corrected chi connectivity index (χ2v) is 6.13. The van der Waals surface area contributed by atoms with Crippen molar-refractivity contribution in [1.29, 1.82) is 0 Å². The van der Waals surface area contributed by atoms with E-state index in [0.717, 1.165) is 31.2 Å². The Labute approximate surface area is 132 Å². The summed E-state index contributed by atoms with van der Waals surface area (Å²) in [6.45, 7) is 5.49. The third kappa shape index (κ3) is 4.33. The second-order valence-electron chi connectivity index (χ2n) is 6.13. The minimum Gasteiger partial charge on any atom is -0.353 e. The summed E-state index contributed by atoms with van der Waals surface area (Å²) in [4.78, 5) is 26.4. The topological polar surface area (TPSA) is 49.4 Å². The summed E-state index contributed by atoms with van der Waals surface area (Å²) in [5.41, 5.74) is 0.724. The maximum absolute atomic E-state index is 12.4. The molecule has 4 nitrogen and oxygen atoms in total. The Balaban J connectivity index is 1.83. The Morgan fingerprint density at radius 1 is 1.23 bits per heavy atom. The number of likely N-dealkylation sites (tertiary alicyclic amines) is 1. The first-order chi connectivity index (χ1) is 10.6. The van der Waals surface area contributed by atoms with Gasteiger partial charge in [-0.2, -0.15) is 0 Å². The lowest BCUT2D eigenvalue weighted by Gasteiger charge is -2.32. The molecule has 120 valence electrons. The lowest BCUT2D eigenvalue weighted by Crippen LogP contribution is -2.44. The SMILES string of the molecule is CCC[C@H](C)NC(=O)C1CCN(C(=O)c2ccccc2)CC1. The van der Waals surface area contributed by atoms with Gasteiger partial charge in [-0.3, -0.25) is 9.59 Å². The largest absolute Gasteiger partial charge is 0.353 e. The minimum atomic E-state index is 0.0409. The van der Waals surface area contributed by atoms with Crippen LogP contribution in [0.4, 0.5) is 0 Å². The minimum absolute atomic E-state index is 0.0409. The standard InChI is InChI=1S/C18H26N2O2/c1-3-7-14(2)19-17(21)15-10-12-20(13-11-15)18(22)16-8-5-4-6-9-16/h4-6,8-9,14-15H,3,7,10-13H2,1-2H3,(H,19,21)/t14-/m0/s1. The van der Waals surface area contributed by atoms with Gasteiger partial charge in [0, 0.05) is 30.6 Å². The van der Waals surface area contributed by atoms with Crippen LogP contribution in [0.2, 0.25) is 0 Å². The van der Waals surface area contributed by atoms with E-state index in [9.17, 15) is 9.59 Å². The summed E-state index contributed by atoms with van der Waals surface area (Å²) in [6, 6.07) is 9.58. The van der Waals surface area contributed by atoms with E-state index in [4.69, 9.17) is 0 Å². The van der Waals surface area contributed by atoms with Crippen molar-refractivity contribution in [2.24, 2.45) is 5.92 Å². The predicted molar refractivity (Wildman–Crippen MR) is 87.6 cm³/mol. The number of hydrogen-bond donors (Lipinski definition) is 1. The highest BCUT2D eigenvalue weighted by molar-refractivity contribution is 5.94. The lowest BCUT2D eigenvalue weighted by atomic mass is 9.95. The van der Waals surface area contributed by atoms with Gasteiger partial charge in [-0.1, -0.05) is 31.5 Å². The van der Waals surface area contributed by atoms with E-state index >= 15 is 0 Å². The highest BCUT2D eigenvalue weighted by atomic mass is 16.2. The van der Waals surface area contributed by atoms with Crippen LogP contribution in [0.3, 0.4) is 0 Å². The zero-order valence-electron chi connectivity index (χ0n) is 13.5. The van der Waals surface area contributed by atoms with Crippen molar-refractivity contribution in [2.45, 2.75) is 45.6 Å². The van der Waals surface area contributed by atoms with Crippen molar-refractivity contribution in [1.82, 2.24) is 10.2 Å². The monoisotopic (exact) mass is 302 g/mol. The number of nitrogens with one attached hydrogen (secondary N) is 1. The van der Waals surface area contributed by atoms with Crippen molar-refractivity contribution in [3.8, 4) is 0 Å². The Kier molecular flexibility index (Phi) is 5.99. The van der Waals surface area contributed by atoms with E-state index in [1.54, 1.807) is 0 Å². The number of hydrogen-bond acceptors (Lipinski definition) is 2. The van der Waals surface area contributed by atoms with Gasteiger partial charge in [-0.05, 0) is 38.3 Å². The summed E-state index contributed by atoms with van der Waals surface area (Å²) in [5.74, 6) is 0.255. The van der Waals surface area contributed by atoms with Crippen LogP contribution < -0.4 is 5.32 Å². The normalized spacial score (nSPS) is 17.1. The van der Waals surface area contributed by atoms with E-state index in [0.29, 0.717) is 13.1 Å². The van der Waals surface area contributed by atoms with Crippen LogP contribution in [0.15, 0.2) is 30.3 Å². The fraction of sp³-hybridized carbons (Fsp3) is 0.556. The molecule has 4 heteroatoms.